The van der Waals surface area contributed by atoms with Gasteiger partial charge in [-0.05, 0) is 24.8 Å². The summed E-state index contributed by atoms with van der Waals surface area (Å²) in [4.78, 5) is 13.4. The fourth-order valence-corrected chi connectivity index (χ4v) is 1.93. The van der Waals surface area contributed by atoms with E-state index in [2.05, 4.69) is 20.3 Å². The SMILES string of the molecule is CNc1nc(OC)nc(Sc2ccoc2C)n1. The number of aromatic nitrogens is 3. The first-order valence-electron chi connectivity index (χ1n) is 4.92. The molecule has 6 nitrogen and oxygen atoms in total. The highest BCUT2D eigenvalue weighted by Gasteiger charge is 2.10. The zero-order chi connectivity index (χ0) is 12.3. The van der Waals surface area contributed by atoms with Gasteiger partial charge in [0, 0.05) is 7.05 Å². The smallest absolute Gasteiger partial charge is 0.321 e. The van der Waals surface area contributed by atoms with Gasteiger partial charge in [-0.15, -0.1) is 0 Å². The fraction of sp³-hybridized carbons (Fsp3) is 0.300. The Morgan fingerprint density at radius 2 is 2.18 bits per heavy atom. The number of aryl methyl sites for hydroxylation is 1. The van der Waals surface area contributed by atoms with Crippen molar-refractivity contribution in [2.45, 2.75) is 17.0 Å². The number of hydrogen-bond donors (Lipinski definition) is 1. The van der Waals surface area contributed by atoms with Gasteiger partial charge in [0.15, 0.2) is 0 Å². The number of anilines is 1. The Morgan fingerprint density at radius 1 is 1.35 bits per heavy atom. The van der Waals surface area contributed by atoms with Gasteiger partial charge in [-0.1, -0.05) is 0 Å². The van der Waals surface area contributed by atoms with Gasteiger partial charge in [0.05, 0.1) is 18.3 Å². The highest BCUT2D eigenvalue weighted by atomic mass is 32.2. The first-order chi connectivity index (χ1) is 8.22. The number of methoxy groups -OCH3 is 1. The van der Waals surface area contributed by atoms with Crippen molar-refractivity contribution in [3.63, 3.8) is 0 Å². The van der Waals surface area contributed by atoms with E-state index >= 15 is 0 Å². The van der Waals surface area contributed by atoms with E-state index in [0.717, 1.165) is 10.7 Å². The molecule has 0 bridgehead atoms. The molecule has 0 aliphatic heterocycles. The third-order valence-corrected chi connectivity index (χ3v) is 3.02. The van der Waals surface area contributed by atoms with Crippen LogP contribution in [0.3, 0.4) is 0 Å². The monoisotopic (exact) mass is 252 g/mol. The van der Waals surface area contributed by atoms with Crippen LogP contribution in [-0.4, -0.2) is 29.1 Å². The summed E-state index contributed by atoms with van der Waals surface area (Å²) in [5, 5.41) is 3.42. The molecule has 7 heteroatoms. The highest BCUT2D eigenvalue weighted by Crippen LogP contribution is 2.29. The number of rotatable bonds is 4. The normalized spacial score (nSPS) is 10.3. The van der Waals surface area contributed by atoms with Crippen molar-refractivity contribution >= 4 is 17.7 Å². The molecule has 0 saturated heterocycles. The minimum atomic E-state index is 0.285. The van der Waals surface area contributed by atoms with Crippen LogP contribution in [0.4, 0.5) is 5.95 Å². The average molecular weight is 252 g/mol. The molecule has 0 aliphatic carbocycles. The lowest BCUT2D eigenvalue weighted by Crippen LogP contribution is -2.02. The number of ether oxygens (including phenoxy) is 1. The number of furan rings is 1. The third-order valence-electron chi connectivity index (χ3n) is 2.01. The number of hydrogen-bond acceptors (Lipinski definition) is 7. The maximum absolute atomic E-state index is 5.21. The molecular weight excluding hydrogens is 240 g/mol. The molecule has 2 aromatic rings. The van der Waals surface area contributed by atoms with Crippen molar-refractivity contribution in [3.05, 3.63) is 18.1 Å². The molecule has 2 aromatic heterocycles. The molecule has 0 unspecified atom stereocenters. The van der Waals surface area contributed by atoms with Crippen LogP contribution >= 0.6 is 11.8 Å². The molecule has 0 saturated carbocycles. The summed E-state index contributed by atoms with van der Waals surface area (Å²) in [6.07, 6.45) is 1.63. The van der Waals surface area contributed by atoms with Crippen molar-refractivity contribution in [1.82, 2.24) is 15.0 Å². The Balaban J connectivity index is 2.29. The summed E-state index contributed by atoms with van der Waals surface area (Å²) >= 11 is 1.40. The minimum absolute atomic E-state index is 0.285. The molecule has 2 heterocycles. The number of nitrogens with zero attached hydrogens (tertiary/aromatic N) is 3. The van der Waals surface area contributed by atoms with Gasteiger partial charge in [0.2, 0.25) is 11.1 Å². The van der Waals surface area contributed by atoms with Crippen LogP contribution < -0.4 is 10.1 Å². The van der Waals surface area contributed by atoms with Gasteiger partial charge >= 0.3 is 6.01 Å². The maximum atomic E-state index is 5.21. The fourth-order valence-electron chi connectivity index (χ4n) is 1.16. The predicted octanol–water partition coefficient (Wildman–Crippen LogP) is 1.97. The van der Waals surface area contributed by atoms with Gasteiger partial charge in [0.1, 0.15) is 5.76 Å². The molecule has 17 heavy (non-hydrogen) atoms. The predicted molar refractivity (Wildman–Crippen MR) is 63.5 cm³/mol. The molecule has 0 atom stereocenters. The minimum Gasteiger partial charge on any atom is -0.468 e. The Kier molecular flexibility index (Phi) is 3.48. The summed E-state index contributed by atoms with van der Waals surface area (Å²) in [7, 11) is 3.26. The van der Waals surface area contributed by atoms with Crippen molar-refractivity contribution in [2.24, 2.45) is 0 Å². The largest absolute Gasteiger partial charge is 0.468 e. The van der Waals surface area contributed by atoms with E-state index in [4.69, 9.17) is 9.15 Å². The molecular formula is C10H12N4O2S. The number of nitrogens with one attached hydrogen (secondary N) is 1. The van der Waals surface area contributed by atoms with Crippen molar-refractivity contribution < 1.29 is 9.15 Å². The van der Waals surface area contributed by atoms with E-state index in [9.17, 15) is 0 Å². The summed E-state index contributed by atoms with van der Waals surface area (Å²) in [6, 6.07) is 2.16. The second-order valence-corrected chi connectivity index (χ2v) is 4.13. The molecule has 0 fully saturated rings. The van der Waals surface area contributed by atoms with Crippen molar-refractivity contribution in [1.29, 1.82) is 0 Å². The van der Waals surface area contributed by atoms with E-state index in [-0.39, 0.29) is 6.01 Å². The highest BCUT2D eigenvalue weighted by molar-refractivity contribution is 7.99. The van der Waals surface area contributed by atoms with E-state index < -0.39 is 0 Å². The van der Waals surface area contributed by atoms with Crippen LogP contribution in [0.15, 0.2) is 26.8 Å². The molecule has 0 aliphatic rings. The maximum Gasteiger partial charge on any atom is 0.321 e. The quantitative estimate of drug-likeness (QED) is 0.891. The molecule has 1 N–H and O–H groups in total. The van der Waals surface area contributed by atoms with Crippen LogP contribution in [0, 0.1) is 6.92 Å². The Morgan fingerprint density at radius 3 is 2.76 bits per heavy atom. The Hall–Kier alpha value is -1.76. The molecule has 0 radical (unpaired) electrons. The molecule has 0 aromatic carbocycles. The van der Waals surface area contributed by atoms with Gasteiger partial charge in [-0.2, -0.15) is 15.0 Å². The first-order valence-corrected chi connectivity index (χ1v) is 5.74. The molecule has 90 valence electrons. The average Bonchev–Trinajstić information content (AvgIpc) is 2.74. The zero-order valence-electron chi connectivity index (χ0n) is 9.72. The van der Waals surface area contributed by atoms with E-state index in [0.29, 0.717) is 11.1 Å². The van der Waals surface area contributed by atoms with Gasteiger partial charge < -0.3 is 14.5 Å². The second kappa shape index (κ2) is 5.05. The third kappa shape index (κ3) is 2.68. The van der Waals surface area contributed by atoms with E-state index in [1.807, 2.05) is 13.0 Å². The van der Waals surface area contributed by atoms with Crippen LogP contribution in [0.25, 0.3) is 0 Å². The van der Waals surface area contributed by atoms with Crippen LogP contribution in [0.5, 0.6) is 6.01 Å². The molecule has 2 rings (SSSR count). The molecule has 0 spiro atoms. The lowest BCUT2D eigenvalue weighted by molar-refractivity contribution is 0.374. The van der Waals surface area contributed by atoms with Crippen molar-refractivity contribution in [3.8, 4) is 6.01 Å². The summed E-state index contributed by atoms with van der Waals surface area (Å²) in [5.74, 6) is 1.31. The van der Waals surface area contributed by atoms with Crippen LogP contribution in [-0.2, 0) is 0 Å². The lowest BCUT2D eigenvalue weighted by atomic mass is 10.5. The first kappa shape index (κ1) is 11.7. The van der Waals surface area contributed by atoms with Gasteiger partial charge in [-0.25, -0.2) is 0 Å². The van der Waals surface area contributed by atoms with E-state index in [1.165, 1.54) is 18.9 Å². The van der Waals surface area contributed by atoms with Crippen LogP contribution in [0.1, 0.15) is 5.76 Å². The van der Waals surface area contributed by atoms with Gasteiger partial charge in [-0.3, -0.25) is 0 Å². The standard InChI is InChI=1S/C10H12N4O2S/c1-6-7(4-5-16-6)17-10-13-8(11-2)12-9(14-10)15-3/h4-5H,1-3H3,(H,11,12,13,14). The lowest BCUT2D eigenvalue weighted by Gasteiger charge is -2.04. The topological polar surface area (TPSA) is 73.1 Å². The second-order valence-electron chi connectivity index (χ2n) is 3.12. The molecule has 0 amide bonds. The summed E-state index contributed by atoms with van der Waals surface area (Å²) in [6.45, 7) is 1.89. The van der Waals surface area contributed by atoms with Crippen molar-refractivity contribution in [2.75, 3.05) is 19.5 Å². The van der Waals surface area contributed by atoms with Gasteiger partial charge in [0.25, 0.3) is 0 Å². The Bertz CT molecular complexity index is 493. The Labute approximate surface area is 103 Å². The van der Waals surface area contributed by atoms with E-state index in [1.54, 1.807) is 13.3 Å². The van der Waals surface area contributed by atoms with Crippen LogP contribution in [0.2, 0.25) is 0 Å². The zero-order valence-corrected chi connectivity index (χ0v) is 10.5. The summed E-state index contributed by atoms with van der Waals surface area (Å²) in [5.41, 5.74) is 0. The summed E-state index contributed by atoms with van der Waals surface area (Å²) < 4.78 is 10.2.